The van der Waals surface area contributed by atoms with Crippen LogP contribution in [-0.2, 0) is 4.79 Å². The number of aliphatic imine (C=N–C) groups is 1. The molecule has 13 heavy (non-hydrogen) atoms. The summed E-state index contributed by atoms with van der Waals surface area (Å²) in [7, 11) is 0. The Morgan fingerprint density at radius 1 is 1.69 bits per heavy atom. The Hall–Kier alpha value is -1.28. The van der Waals surface area contributed by atoms with Crippen molar-refractivity contribution in [3.8, 4) is 6.07 Å². The van der Waals surface area contributed by atoms with Gasteiger partial charge in [-0.2, -0.15) is 5.26 Å². The molecule has 2 rings (SSSR count). The van der Waals surface area contributed by atoms with Crippen LogP contribution in [0.5, 0.6) is 0 Å². The molecule has 4 nitrogen and oxygen atoms in total. The Morgan fingerprint density at radius 2 is 2.54 bits per heavy atom. The van der Waals surface area contributed by atoms with Crippen molar-refractivity contribution >= 4 is 22.0 Å². The summed E-state index contributed by atoms with van der Waals surface area (Å²) in [6.45, 7) is 1.28. The molecule has 0 atom stereocenters. The summed E-state index contributed by atoms with van der Waals surface area (Å²) in [6.07, 6.45) is 2.08. The van der Waals surface area contributed by atoms with Crippen LogP contribution in [0.3, 0.4) is 0 Å². The molecule has 0 bridgehead atoms. The minimum atomic E-state index is 0.156. The van der Waals surface area contributed by atoms with Gasteiger partial charge in [0, 0.05) is 19.2 Å². The number of hydrogen-bond acceptors (Lipinski definition) is 5. The van der Waals surface area contributed by atoms with Gasteiger partial charge in [0.15, 0.2) is 10.3 Å². The molecule has 5 heteroatoms. The zero-order valence-electron chi connectivity index (χ0n) is 6.86. The van der Waals surface area contributed by atoms with Gasteiger partial charge >= 0.3 is 0 Å². The lowest BCUT2D eigenvalue weighted by Gasteiger charge is -2.29. The zero-order valence-corrected chi connectivity index (χ0v) is 7.67. The van der Waals surface area contributed by atoms with E-state index in [0.29, 0.717) is 25.1 Å². The molecule has 0 aromatic carbocycles. The molecule has 2 heterocycles. The van der Waals surface area contributed by atoms with Crippen LogP contribution in [0.25, 0.3) is 0 Å². The number of fused-ring (bicyclic) bond motifs is 1. The van der Waals surface area contributed by atoms with Crippen LogP contribution >= 0.6 is 11.8 Å². The molecule has 0 amide bonds. The van der Waals surface area contributed by atoms with Crippen LogP contribution in [-0.4, -0.2) is 28.3 Å². The average molecular weight is 193 g/mol. The first-order chi connectivity index (χ1) is 6.29. The van der Waals surface area contributed by atoms with Crippen molar-refractivity contribution in [1.29, 1.82) is 5.26 Å². The maximum atomic E-state index is 11.0. The maximum absolute atomic E-state index is 11.0. The summed E-state index contributed by atoms with van der Waals surface area (Å²) in [5.41, 5.74) is 0.652. The van der Waals surface area contributed by atoms with Gasteiger partial charge in [0.2, 0.25) is 0 Å². The van der Waals surface area contributed by atoms with Gasteiger partial charge in [-0.25, -0.2) is 4.99 Å². The van der Waals surface area contributed by atoms with Crippen LogP contribution in [0.15, 0.2) is 16.8 Å². The number of amidine groups is 1. The van der Waals surface area contributed by atoms with Gasteiger partial charge in [-0.05, 0) is 11.8 Å². The number of thioether (sulfide) groups is 1. The second-order valence-corrected chi connectivity index (χ2v) is 3.85. The normalized spacial score (nSPS) is 21.5. The highest BCUT2D eigenvalue weighted by Crippen LogP contribution is 2.23. The van der Waals surface area contributed by atoms with E-state index in [1.54, 1.807) is 0 Å². The molecule has 0 N–H and O–H groups in total. The third-order valence-corrected chi connectivity index (χ3v) is 2.88. The lowest BCUT2D eigenvalue weighted by Crippen LogP contribution is -2.38. The van der Waals surface area contributed by atoms with Crippen molar-refractivity contribution in [2.24, 2.45) is 4.99 Å². The second-order valence-electron chi connectivity index (χ2n) is 2.82. The minimum Gasteiger partial charge on any atom is -0.345 e. The summed E-state index contributed by atoms with van der Waals surface area (Å²) < 4.78 is 0. The van der Waals surface area contributed by atoms with Crippen LogP contribution in [0.1, 0.15) is 6.42 Å². The summed E-state index contributed by atoms with van der Waals surface area (Å²) in [5.74, 6) is 0. The number of rotatable bonds is 0. The Morgan fingerprint density at radius 3 is 3.31 bits per heavy atom. The van der Waals surface area contributed by atoms with Crippen LogP contribution in [0.2, 0.25) is 0 Å². The Labute approximate surface area is 79.9 Å². The van der Waals surface area contributed by atoms with E-state index in [0.717, 1.165) is 5.17 Å². The number of hydrogen-bond donors (Lipinski definition) is 0. The summed E-state index contributed by atoms with van der Waals surface area (Å²) >= 11 is 1.17. The van der Waals surface area contributed by atoms with E-state index in [1.165, 1.54) is 18.0 Å². The first kappa shape index (κ1) is 8.32. The monoisotopic (exact) mass is 193 g/mol. The molecule has 0 aliphatic carbocycles. The van der Waals surface area contributed by atoms with Crippen molar-refractivity contribution < 1.29 is 4.79 Å². The standard InChI is InChI=1S/C8H7N3OS/c9-3-6-4-10-8-11(5-6)2-1-7(12)13-8/h4H,1-2,5H2. The van der Waals surface area contributed by atoms with E-state index < -0.39 is 0 Å². The smallest absolute Gasteiger partial charge is 0.198 e. The van der Waals surface area contributed by atoms with Crippen molar-refractivity contribution in [2.75, 3.05) is 13.1 Å². The van der Waals surface area contributed by atoms with Gasteiger partial charge in [0.1, 0.15) is 0 Å². The number of nitriles is 1. The van der Waals surface area contributed by atoms with Crippen LogP contribution in [0, 0.1) is 11.3 Å². The molecule has 0 spiro atoms. The van der Waals surface area contributed by atoms with Crippen molar-refractivity contribution in [3.63, 3.8) is 0 Å². The zero-order chi connectivity index (χ0) is 9.26. The quantitative estimate of drug-likeness (QED) is 0.569. The molecule has 0 unspecified atom stereocenters. The van der Waals surface area contributed by atoms with Crippen molar-refractivity contribution in [3.05, 3.63) is 11.8 Å². The summed E-state index contributed by atoms with van der Waals surface area (Å²) in [6, 6.07) is 2.07. The fraction of sp³-hybridized carbons (Fsp3) is 0.375. The van der Waals surface area contributed by atoms with Crippen molar-refractivity contribution in [2.45, 2.75) is 6.42 Å². The number of carbonyl (C=O) groups excluding carboxylic acids is 1. The maximum Gasteiger partial charge on any atom is 0.198 e. The largest absolute Gasteiger partial charge is 0.345 e. The first-order valence-electron chi connectivity index (χ1n) is 3.92. The van der Waals surface area contributed by atoms with Crippen LogP contribution < -0.4 is 0 Å². The highest BCUT2D eigenvalue weighted by molar-refractivity contribution is 8.26. The van der Waals surface area contributed by atoms with E-state index in [2.05, 4.69) is 11.1 Å². The SMILES string of the molecule is N#CC1=CN=C2SC(=O)CCN2C1. The minimum absolute atomic E-state index is 0.156. The molecule has 2 aliphatic rings. The Balaban J connectivity index is 2.22. The highest BCUT2D eigenvalue weighted by Gasteiger charge is 2.25. The number of carbonyl (C=O) groups is 1. The fourth-order valence-corrected chi connectivity index (χ4v) is 2.03. The molecule has 0 aromatic rings. The van der Waals surface area contributed by atoms with Crippen LogP contribution in [0.4, 0.5) is 0 Å². The molecule has 0 saturated carbocycles. The second kappa shape index (κ2) is 3.23. The van der Waals surface area contributed by atoms with Gasteiger partial charge < -0.3 is 4.90 Å². The highest BCUT2D eigenvalue weighted by atomic mass is 32.2. The molecule has 0 radical (unpaired) electrons. The van der Waals surface area contributed by atoms with Crippen molar-refractivity contribution in [1.82, 2.24) is 4.90 Å². The lowest BCUT2D eigenvalue weighted by atomic mass is 10.2. The first-order valence-corrected chi connectivity index (χ1v) is 4.74. The predicted octanol–water partition coefficient (Wildman–Crippen LogP) is 0.729. The third-order valence-electron chi connectivity index (χ3n) is 1.90. The van der Waals surface area contributed by atoms with E-state index in [9.17, 15) is 4.79 Å². The van der Waals surface area contributed by atoms with Gasteiger partial charge in [0.25, 0.3) is 0 Å². The molecular formula is C8H7N3OS. The van der Waals surface area contributed by atoms with E-state index >= 15 is 0 Å². The third kappa shape index (κ3) is 1.58. The molecule has 0 aromatic heterocycles. The topological polar surface area (TPSA) is 56.5 Å². The predicted molar refractivity (Wildman–Crippen MR) is 49.9 cm³/mol. The van der Waals surface area contributed by atoms with Gasteiger partial charge in [-0.1, -0.05) is 0 Å². The molecule has 1 fully saturated rings. The van der Waals surface area contributed by atoms with Gasteiger partial charge in [-0.15, -0.1) is 0 Å². The van der Waals surface area contributed by atoms with E-state index in [-0.39, 0.29) is 5.12 Å². The fourth-order valence-electron chi connectivity index (χ4n) is 1.24. The Kier molecular flexibility index (Phi) is 2.07. The molecule has 2 aliphatic heterocycles. The molecule has 1 saturated heterocycles. The summed E-state index contributed by atoms with van der Waals surface area (Å²) in [4.78, 5) is 17.1. The molecular weight excluding hydrogens is 186 g/mol. The lowest BCUT2D eigenvalue weighted by molar-refractivity contribution is -0.111. The van der Waals surface area contributed by atoms with E-state index in [4.69, 9.17) is 5.26 Å². The summed E-state index contributed by atoms with van der Waals surface area (Å²) in [5, 5.41) is 9.53. The average Bonchev–Trinajstić information content (AvgIpc) is 2.17. The number of nitrogens with zero attached hydrogens (tertiary/aromatic N) is 3. The van der Waals surface area contributed by atoms with Gasteiger partial charge in [-0.3, -0.25) is 4.79 Å². The molecule has 66 valence electrons. The Bertz CT molecular complexity index is 353. The van der Waals surface area contributed by atoms with Gasteiger partial charge in [0.05, 0.1) is 18.2 Å². The van der Waals surface area contributed by atoms with E-state index in [1.807, 2.05) is 4.90 Å².